The smallest absolute Gasteiger partial charge is 0.168 e. The minimum atomic E-state index is -0.638. The summed E-state index contributed by atoms with van der Waals surface area (Å²) in [5, 5.41) is 9.74. The molecule has 0 heterocycles. The van der Waals surface area contributed by atoms with Gasteiger partial charge in [0.1, 0.15) is 0 Å². The first-order valence-electron chi connectivity index (χ1n) is 6.13. The summed E-state index contributed by atoms with van der Waals surface area (Å²) in [5.41, 5.74) is 3.16. The first kappa shape index (κ1) is 13.9. The molecule has 0 amide bonds. The van der Waals surface area contributed by atoms with Crippen molar-refractivity contribution < 1.29 is 9.90 Å². The highest BCUT2D eigenvalue weighted by atomic mass is 16.3. The fourth-order valence-electron chi connectivity index (χ4n) is 2.01. The fraction of sp³-hybridized carbons (Fsp3) is 0.533. The van der Waals surface area contributed by atoms with E-state index in [1.54, 1.807) is 13.0 Å². The van der Waals surface area contributed by atoms with Crippen molar-refractivity contribution >= 4 is 5.78 Å². The first-order chi connectivity index (χ1) is 7.91. The van der Waals surface area contributed by atoms with Gasteiger partial charge in [0, 0.05) is 0 Å². The number of aliphatic hydroxyl groups excluding tert-OH is 1. The third-order valence-corrected chi connectivity index (χ3v) is 3.04. The van der Waals surface area contributed by atoms with Gasteiger partial charge in [-0.3, -0.25) is 4.79 Å². The van der Waals surface area contributed by atoms with Crippen molar-refractivity contribution in [2.45, 2.75) is 46.6 Å². The molecule has 0 fully saturated rings. The number of Topliss-reactive ketones (excluding diaryl/α,β-unsaturated/α-hetero) is 1. The van der Waals surface area contributed by atoms with Crippen molar-refractivity contribution in [3.05, 3.63) is 34.9 Å². The number of allylic oxidation sites excluding steroid dienone is 4. The fourth-order valence-corrected chi connectivity index (χ4v) is 2.01. The maximum Gasteiger partial charge on any atom is 0.168 e. The third kappa shape index (κ3) is 3.97. The monoisotopic (exact) mass is 234 g/mol. The van der Waals surface area contributed by atoms with E-state index in [0.29, 0.717) is 5.57 Å². The zero-order valence-corrected chi connectivity index (χ0v) is 11.2. The minimum absolute atomic E-state index is 0.0547. The van der Waals surface area contributed by atoms with Gasteiger partial charge in [-0.1, -0.05) is 23.3 Å². The second kappa shape index (κ2) is 5.97. The van der Waals surface area contributed by atoms with E-state index in [1.807, 2.05) is 13.0 Å². The molecule has 1 rings (SSSR count). The number of carbonyl (C=O) groups excluding carboxylic acids is 1. The van der Waals surface area contributed by atoms with E-state index < -0.39 is 6.10 Å². The quantitative estimate of drug-likeness (QED) is 0.758. The van der Waals surface area contributed by atoms with Crippen LogP contribution in [0, 0.1) is 5.92 Å². The predicted octanol–water partition coefficient (Wildman–Crippen LogP) is 3.19. The molecule has 0 aromatic heterocycles. The Morgan fingerprint density at radius 3 is 2.53 bits per heavy atom. The van der Waals surface area contributed by atoms with Crippen LogP contribution >= 0.6 is 0 Å². The Morgan fingerprint density at radius 1 is 1.41 bits per heavy atom. The molecule has 1 aliphatic carbocycles. The molecule has 2 heteroatoms. The highest BCUT2D eigenvalue weighted by Gasteiger charge is 2.30. The van der Waals surface area contributed by atoms with Crippen molar-refractivity contribution in [1.82, 2.24) is 0 Å². The van der Waals surface area contributed by atoms with E-state index in [-0.39, 0.29) is 11.7 Å². The summed E-state index contributed by atoms with van der Waals surface area (Å²) in [5.74, 6) is -0.305. The molecule has 0 aromatic rings. The average Bonchev–Trinajstić information content (AvgIpc) is 2.44. The lowest BCUT2D eigenvalue weighted by Crippen LogP contribution is -2.18. The van der Waals surface area contributed by atoms with Crippen molar-refractivity contribution in [2.75, 3.05) is 0 Å². The Labute approximate surface area is 104 Å². The molecular formula is C15H22O2. The normalized spacial score (nSPS) is 24.9. The molecule has 0 bridgehead atoms. The van der Waals surface area contributed by atoms with Crippen molar-refractivity contribution in [3.8, 4) is 0 Å². The molecule has 0 spiro atoms. The summed E-state index contributed by atoms with van der Waals surface area (Å²) in [6.45, 7) is 7.94. The Hall–Kier alpha value is -1.15. The summed E-state index contributed by atoms with van der Waals surface area (Å²) in [7, 11) is 0. The molecule has 0 aliphatic heterocycles. The first-order valence-corrected chi connectivity index (χ1v) is 6.13. The van der Waals surface area contributed by atoms with Gasteiger partial charge in [-0.05, 0) is 52.2 Å². The second-order valence-electron chi connectivity index (χ2n) is 5.06. The number of ketones is 1. The van der Waals surface area contributed by atoms with Crippen LogP contribution in [0.3, 0.4) is 0 Å². The maximum absolute atomic E-state index is 11.7. The van der Waals surface area contributed by atoms with Gasteiger partial charge in [0.25, 0.3) is 0 Å². The maximum atomic E-state index is 11.7. The Balaban J connectivity index is 2.58. The average molecular weight is 234 g/mol. The van der Waals surface area contributed by atoms with Gasteiger partial charge >= 0.3 is 0 Å². The topological polar surface area (TPSA) is 37.3 Å². The molecule has 1 N–H and O–H groups in total. The molecule has 1 aliphatic rings. The molecule has 94 valence electrons. The lowest BCUT2D eigenvalue weighted by molar-refractivity contribution is -0.118. The van der Waals surface area contributed by atoms with Crippen LogP contribution < -0.4 is 0 Å². The zero-order chi connectivity index (χ0) is 13.0. The van der Waals surface area contributed by atoms with Crippen LogP contribution in [0.2, 0.25) is 0 Å². The molecule has 0 radical (unpaired) electrons. The highest BCUT2D eigenvalue weighted by Crippen LogP contribution is 2.24. The standard InChI is InChI=1S/C15H22O2/c1-10(2)6-5-7-11(3)8-13-14(16)9-12(4)15(13)17/h6,8-9,13-14,16H,5,7H2,1-4H3/b11-8+/t13-,14-/m1/s1. The van der Waals surface area contributed by atoms with Gasteiger partial charge in [0.2, 0.25) is 0 Å². The molecule has 17 heavy (non-hydrogen) atoms. The number of aliphatic hydroxyl groups is 1. The van der Waals surface area contributed by atoms with Gasteiger partial charge in [0.05, 0.1) is 12.0 Å². The van der Waals surface area contributed by atoms with Gasteiger partial charge in [0.15, 0.2) is 5.78 Å². The van der Waals surface area contributed by atoms with E-state index >= 15 is 0 Å². The van der Waals surface area contributed by atoms with E-state index in [1.165, 1.54) is 11.1 Å². The van der Waals surface area contributed by atoms with Crippen molar-refractivity contribution in [3.63, 3.8) is 0 Å². The summed E-state index contributed by atoms with van der Waals surface area (Å²) >= 11 is 0. The second-order valence-corrected chi connectivity index (χ2v) is 5.06. The molecular weight excluding hydrogens is 212 g/mol. The lowest BCUT2D eigenvalue weighted by Gasteiger charge is -2.10. The molecule has 0 saturated carbocycles. The Morgan fingerprint density at radius 2 is 2.06 bits per heavy atom. The molecule has 0 saturated heterocycles. The molecule has 2 atom stereocenters. The largest absolute Gasteiger partial charge is 0.388 e. The third-order valence-electron chi connectivity index (χ3n) is 3.04. The minimum Gasteiger partial charge on any atom is -0.388 e. The van der Waals surface area contributed by atoms with E-state index in [2.05, 4.69) is 19.9 Å². The van der Waals surface area contributed by atoms with E-state index in [0.717, 1.165) is 12.8 Å². The summed E-state index contributed by atoms with van der Waals surface area (Å²) in [4.78, 5) is 11.7. The summed E-state index contributed by atoms with van der Waals surface area (Å²) in [6.07, 6.45) is 7.05. The van der Waals surface area contributed by atoms with Crippen LogP contribution in [0.5, 0.6) is 0 Å². The van der Waals surface area contributed by atoms with Crippen molar-refractivity contribution in [1.29, 1.82) is 0 Å². The Kier molecular flexibility index (Phi) is 4.88. The van der Waals surface area contributed by atoms with Gasteiger partial charge in [-0.15, -0.1) is 0 Å². The molecule has 0 aromatic carbocycles. The van der Waals surface area contributed by atoms with E-state index in [4.69, 9.17) is 0 Å². The van der Waals surface area contributed by atoms with Crippen LogP contribution in [0.4, 0.5) is 0 Å². The Bertz CT molecular complexity index is 382. The van der Waals surface area contributed by atoms with Crippen LogP contribution in [0.1, 0.15) is 40.5 Å². The predicted molar refractivity (Wildman–Crippen MR) is 70.7 cm³/mol. The lowest BCUT2D eigenvalue weighted by atomic mass is 9.97. The SMILES string of the molecule is CC(C)=CCC/C(C)=C/[C@H]1C(=O)C(C)=C[C@H]1O. The number of carbonyl (C=O) groups is 1. The highest BCUT2D eigenvalue weighted by molar-refractivity contribution is 6.01. The van der Waals surface area contributed by atoms with Crippen LogP contribution in [-0.4, -0.2) is 17.0 Å². The van der Waals surface area contributed by atoms with Gasteiger partial charge in [-0.2, -0.15) is 0 Å². The van der Waals surface area contributed by atoms with Gasteiger partial charge in [-0.25, -0.2) is 0 Å². The van der Waals surface area contributed by atoms with Crippen LogP contribution in [0.15, 0.2) is 34.9 Å². The van der Waals surface area contributed by atoms with Crippen LogP contribution in [-0.2, 0) is 4.79 Å². The zero-order valence-electron chi connectivity index (χ0n) is 11.2. The summed E-state index contributed by atoms with van der Waals surface area (Å²) in [6, 6.07) is 0. The number of hydrogen-bond donors (Lipinski definition) is 1. The summed E-state index contributed by atoms with van der Waals surface area (Å²) < 4.78 is 0. The van der Waals surface area contributed by atoms with Gasteiger partial charge < -0.3 is 5.11 Å². The van der Waals surface area contributed by atoms with Crippen molar-refractivity contribution in [2.24, 2.45) is 5.92 Å². The van der Waals surface area contributed by atoms with E-state index in [9.17, 15) is 9.90 Å². The van der Waals surface area contributed by atoms with Crippen LogP contribution in [0.25, 0.3) is 0 Å². The molecule has 0 unspecified atom stereocenters. The number of hydrogen-bond acceptors (Lipinski definition) is 2. The molecule has 2 nitrogen and oxygen atoms in total. The number of rotatable bonds is 4.